The van der Waals surface area contributed by atoms with Crippen molar-refractivity contribution in [3.63, 3.8) is 0 Å². The van der Waals surface area contributed by atoms with Gasteiger partial charge in [0.2, 0.25) is 0 Å². The summed E-state index contributed by atoms with van der Waals surface area (Å²) in [5, 5.41) is 0. The van der Waals surface area contributed by atoms with Crippen LogP contribution in [-0.2, 0) is 0 Å². The summed E-state index contributed by atoms with van der Waals surface area (Å²) >= 11 is 0. The van der Waals surface area contributed by atoms with Crippen LogP contribution in [0.25, 0.3) is 27.8 Å². The predicted molar refractivity (Wildman–Crippen MR) is 112 cm³/mol. The number of ether oxygens (including phenoxy) is 2. The van der Waals surface area contributed by atoms with Gasteiger partial charge < -0.3 is 15.2 Å². The summed E-state index contributed by atoms with van der Waals surface area (Å²) in [4.78, 5) is 4.58. The molecule has 0 saturated carbocycles. The highest BCUT2D eigenvalue weighted by Gasteiger charge is 2.17. The maximum atomic E-state index is 6.01. The van der Waals surface area contributed by atoms with Crippen LogP contribution in [0.1, 0.15) is 18.5 Å². The molecule has 142 valence electrons. The number of hydrogen-bond acceptors (Lipinski definition) is 4. The average Bonchev–Trinajstić information content (AvgIpc) is 3.16. The van der Waals surface area contributed by atoms with Crippen LogP contribution >= 0.6 is 0 Å². The number of fused-ring (bicyclic) bond motifs is 1. The van der Waals surface area contributed by atoms with Crippen molar-refractivity contribution < 1.29 is 9.47 Å². The highest BCUT2D eigenvalue weighted by molar-refractivity contribution is 5.83. The van der Waals surface area contributed by atoms with E-state index in [1.165, 1.54) is 0 Å². The van der Waals surface area contributed by atoms with Gasteiger partial charge in [-0.3, -0.25) is 4.57 Å². The Morgan fingerprint density at radius 2 is 1.71 bits per heavy atom. The van der Waals surface area contributed by atoms with Crippen molar-refractivity contribution in [3.8, 4) is 28.3 Å². The maximum absolute atomic E-state index is 6.01. The van der Waals surface area contributed by atoms with Gasteiger partial charge in [0.1, 0.15) is 12.1 Å². The second kappa shape index (κ2) is 7.37. The van der Waals surface area contributed by atoms with Crippen molar-refractivity contribution in [1.29, 1.82) is 0 Å². The Morgan fingerprint density at radius 1 is 0.929 bits per heavy atom. The molecule has 0 spiro atoms. The molecule has 0 amide bonds. The molecule has 3 aromatic carbocycles. The zero-order valence-corrected chi connectivity index (χ0v) is 16.2. The maximum Gasteiger partial charge on any atom is 0.150 e. The number of nitrogens with two attached hydrogens (primary N) is 1. The molecule has 0 bridgehead atoms. The van der Waals surface area contributed by atoms with Gasteiger partial charge in [-0.1, -0.05) is 36.4 Å². The fourth-order valence-corrected chi connectivity index (χ4v) is 3.51. The molecule has 0 radical (unpaired) electrons. The van der Waals surface area contributed by atoms with Gasteiger partial charge >= 0.3 is 0 Å². The van der Waals surface area contributed by atoms with Gasteiger partial charge in [0.05, 0.1) is 30.9 Å². The molecule has 5 nitrogen and oxygen atoms in total. The van der Waals surface area contributed by atoms with Gasteiger partial charge in [0.25, 0.3) is 0 Å². The summed E-state index contributed by atoms with van der Waals surface area (Å²) in [6.07, 6.45) is 1.82. The molecular formula is C23H23N3O2. The summed E-state index contributed by atoms with van der Waals surface area (Å²) in [5.41, 5.74) is 11.8. The first-order valence-electron chi connectivity index (χ1n) is 9.17. The third kappa shape index (κ3) is 3.00. The summed E-state index contributed by atoms with van der Waals surface area (Å²) in [6.45, 7) is 1.97. The van der Waals surface area contributed by atoms with Crippen molar-refractivity contribution in [1.82, 2.24) is 9.55 Å². The second-order valence-corrected chi connectivity index (χ2v) is 6.71. The van der Waals surface area contributed by atoms with E-state index < -0.39 is 0 Å². The van der Waals surface area contributed by atoms with E-state index in [1.54, 1.807) is 14.2 Å². The van der Waals surface area contributed by atoms with E-state index in [9.17, 15) is 0 Å². The molecule has 0 aliphatic rings. The van der Waals surface area contributed by atoms with E-state index in [1.807, 2.05) is 72.4 Å². The molecule has 1 heterocycles. The lowest BCUT2D eigenvalue weighted by molar-refractivity contribution is 0.409. The molecule has 1 aromatic heterocycles. The molecule has 0 aliphatic heterocycles. The lowest BCUT2D eigenvalue weighted by Gasteiger charge is -2.16. The summed E-state index contributed by atoms with van der Waals surface area (Å²) < 4.78 is 13.4. The zero-order chi connectivity index (χ0) is 19.7. The first-order chi connectivity index (χ1) is 13.6. The van der Waals surface area contributed by atoms with Crippen LogP contribution in [0.5, 0.6) is 11.5 Å². The van der Waals surface area contributed by atoms with Gasteiger partial charge in [0.15, 0.2) is 5.75 Å². The average molecular weight is 373 g/mol. The minimum absolute atomic E-state index is 0.0297. The number of aromatic nitrogens is 2. The Labute approximate surface area is 164 Å². The first-order valence-corrected chi connectivity index (χ1v) is 9.17. The van der Waals surface area contributed by atoms with Gasteiger partial charge in [0, 0.05) is 17.2 Å². The molecule has 1 atom stereocenters. The van der Waals surface area contributed by atoms with Crippen LogP contribution in [0.2, 0.25) is 0 Å². The fourth-order valence-electron chi connectivity index (χ4n) is 3.51. The molecule has 1 unspecified atom stereocenters. The number of benzene rings is 3. The van der Waals surface area contributed by atoms with Crippen molar-refractivity contribution in [2.45, 2.75) is 13.0 Å². The van der Waals surface area contributed by atoms with Crippen LogP contribution in [-0.4, -0.2) is 23.8 Å². The third-order valence-electron chi connectivity index (χ3n) is 4.95. The standard InChI is InChI=1S/C23H23N3O2/c1-15(24)16-11-12-20-19(13-16)25-14-26(20)21-9-6-8-18(23(21)28-3)17-7-4-5-10-22(17)27-2/h4-15H,24H2,1-3H3. The Balaban J connectivity index is 1.91. The van der Waals surface area contributed by atoms with Crippen LogP contribution in [0.15, 0.2) is 67.0 Å². The Bertz CT molecular complexity index is 1130. The largest absolute Gasteiger partial charge is 0.496 e. The van der Waals surface area contributed by atoms with E-state index >= 15 is 0 Å². The lowest BCUT2D eigenvalue weighted by Crippen LogP contribution is -2.04. The Morgan fingerprint density at radius 3 is 2.46 bits per heavy atom. The molecule has 28 heavy (non-hydrogen) atoms. The predicted octanol–water partition coefficient (Wildman–Crippen LogP) is 4.73. The summed E-state index contributed by atoms with van der Waals surface area (Å²) in [5.74, 6) is 1.57. The quantitative estimate of drug-likeness (QED) is 0.549. The van der Waals surface area contributed by atoms with Crippen molar-refractivity contribution >= 4 is 11.0 Å². The molecule has 5 heteroatoms. The molecule has 2 N–H and O–H groups in total. The van der Waals surface area contributed by atoms with Crippen molar-refractivity contribution in [2.24, 2.45) is 5.73 Å². The topological polar surface area (TPSA) is 62.3 Å². The number of nitrogens with zero attached hydrogens (tertiary/aromatic N) is 2. The number of hydrogen-bond donors (Lipinski definition) is 1. The fraction of sp³-hybridized carbons (Fsp3) is 0.174. The van der Waals surface area contributed by atoms with Gasteiger partial charge in [-0.25, -0.2) is 4.98 Å². The monoisotopic (exact) mass is 373 g/mol. The minimum atomic E-state index is -0.0297. The van der Waals surface area contributed by atoms with Gasteiger partial charge in [-0.15, -0.1) is 0 Å². The number of rotatable bonds is 5. The van der Waals surface area contributed by atoms with E-state index in [0.29, 0.717) is 0 Å². The smallest absolute Gasteiger partial charge is 0.150 e. The van der Waals surface area contributed by atoms with Crippen LogP contribution in [0.3, 0.4) is 0 Å². The SMILES string of the molecule is COc1ccccc1-c1cccc(-n2cnc3cc(C(C)N)ccc32)c1OC. The van der Waals surface area contributed by atoms with Crippen LogP contribution in [0, 0.1) is 0 Å². The zero-order valence-electron chi connectivity index (χ0n) is 16.2. The van der Waals surface area contributed by atoms with Crippen molar-refractivity contribution in [3.05, 3.63) is 72.6 Å². The molecule has 0 saturated heterocycles. The lowest BCUT2D eigenvalue weighted by atomic mass is 10.0. The van der Waals surface area contributed by atoms with Crippen molar-refractivity contribution in [2.75, 3.05) is 14.2 Å². The van der Waals surface area contributed by atoms with Gasteiger partial charge in [-0.2, -0.15) is 0 Å². The van der Waals surface area contributed by atoms with E-state index in [0.717, 1.165) is 44.9 Å². The summed E-state index contributed by atoms with van der Waals surface area (Å²) in [6, 6.07) is 20.1. The van der Waals surface area contributed by atoms with Gasteiger partial charge in [-0.05, 0) is 36.8 Å². The number of imidazole rings is 1. The third-order valence-corrected chi connectivity index (χ3v) is 4.95. The second-order valence-electron chi connectivity index (χ2n) is 6.71. The number of methoxy groups -OCH3 is 2. The molecular weight excluding hydrogens is 350 g/mol. The Kier molecular flexibility index (Phi) is 4.75. The normalized spacial score (nSPS) is 12.1. The van der Waals surface area contributed by atoms with Crippen LogP contribution < -0.4 is 15.2 Å². The van der Waals surface area contributed by atoms with E-state index in [4.69, 9.17) is 15.2 Å². The Hall–Kier alpha value is -3.31. The molecule has 0 fully saturated rings. The highest BCUT2D eigenvalue weighted by atomic mass is 16.5. The van der Waals surface area contributed by atoms with Crippen LogP contribution in [0.4, 0.5) is 0 Å². The summed E-state index contributed by atoms with van der Waals surface area (Å²) in [7, 11) is 3.36. The molecule has 0 aliphatic carbocycles. The highest BCUT2D eigenvalue weighted by Crippen LogP contribution is 2.40. The number of para-hydroxylation sites is 2. The van der Waals surface area contributed by atoms with E-state index in [-0.39, 0.29) is 6.04 Å². The minimum Gasteiger partial charge on any atom is -0.496 e. The molecule has 4 aromatic rings. The first kappa shape index (κ1) is 18.1. The molecule has 4 rings (SSSR count). The van der Waals surface area contributed by atoms with E-state index in [2.05, 4.69) is 11.1 Å².